The largest absolute Gasteiger partial charge is 0.364 e. The second-order valence-electron chi connectivity index (χ2n) is 3.91. The summed E-state index contributed by atoms with van der Waals surface area (Å²) in [6.45, 7) is 8.32. The molecule has 1 amide bonds. The Morgan fingerprint density at radius 2 is 1.93 bits per heavy atom. The van der Waals surface area contributed by atoms with Crippen LogP contribution in [0.5, 0.6) is 0 Å². The fourth-order valence-corrected chi connectivity index (χ4v) is 1.78. The van der Waals surface area contributed by atoms with E-state index in [1.807, 2.05) is 27.7 Å². The van der Waals surface area contributed by atoms with Gasteiger partial charge in [0.15, 0.2) is 0 Å². The van der Waals surface area contributed by atoms with E-state index in [1.165, 1.54) is 0 Å². The van der Waals surface area contributed by atoms with Gasteiger partial charge in [0.25, 0.3) is 0 Å². The highest BCUT2D eigenvalue weighted by molar-refractivity contribution is 6.27. The molecular weight excluding hydrogens is 214 g/mol. The molecule has 0 aliphatic rings. The van der Waals surface area contributed by atoms with Crippen molar-refractivity contribution in [2.75, 3.05) is 19.7 Å². The van der Waals surface area contributed by atoms with Crippen molar-refractivity contribution in [1.82, 2.24) is 4.90 Å². The molecule has 0 unspecified atom stereocenters. The number of hydrogen-bond donors (Lipinski definition) is 0. The molecule has 0 aromatic rings. The maximum Gasteiger partial charge on any atom is 0.243 e. The van der Waals surface area contributed by atoms with Crippen LogP contribution in [0.25, 0.3) is 0 Å². The Hall–Kier alpha value is -0.540. The van der Waals surface area contributed by atoms with Gasteiger partial charge in [-0.2, -0.15) is 0 Å². The summed E-state index contributed by atoms with van der Waals surface area (Å²) < 4.78 is 5.02. The third-order valence-electron chi connectivity index (χ3n) is 2.02. The topological polar surface area (TPSA) is 29.5 Å². The Balaban J connectivity index is 5.03. The Morgan fingerprint density at radius 1 is 1.40 bits per heavy atom. The lowest BCUT2D eigenvalue weighted by Crippen LogP contribution is -2.35. The standard InChI is InChI=1S/C11H20ClNO2/c1-8(2)11(9(3)4)13(7-15-5)10(14)6-12/h8H,6-7H2,1-5H3. The Kier molecular flexibility index (Phi) is 6.61. The van der Waals surface area contributed by atoms with Gasteiger partial charge < -0.3 is 4.74 Å². The van der Waals surface area contributed by atoms with Crippen LogP contribution in [0.1, 0.15) is 27.7 Å². The van der Waals surface area contributed by atoms with E-state index >= 15 is 0 Å². The zero-order valence-electron chi connectivity index (χ0n) is 10.1. The minimum Gasteiger partial charge on any atom is -0.364 e. The van der Waals surface area contributed by atoms with Crippen LogP contribution in [0.3, 0.4) is 0 Å². The third kappa shape index (κ3) is 4.22. The van der Waals surface area contributed by atoms with Gasteiger partial charge in [-0.25, -0.2) is 0 Å². The third-order valence-corrected chi connectivity index (χ3v) is 2.25. The molecule has 0 aliphatic carbocycles. The predicted molar refractivity (Wildman–Crippen MR) is 62.7 cm³/mol. The lowest BCUT2D eigenvalue weighted by atomic mass is 10.0. The van der Waals surface area contributed by atoms with Crippen molar-refractivity contribution >= 4 is 17.5 Å². The van der Waals surface area contributed by atoms with Crippen LogP contribution in [0.15, 0.2) is 11.3 Å². The van der Waals surface area contributed by atoms with Gasteiger partial charge in [-0.1, -0.05) is 19.4 Å². The predicted octanol–water partition coefficient (Wildman–Crippen LogP) is 2.61. The summed E-state index contributed by atoms with van der Waals surface area (Å²) in [5.74, 6) is 0.132. The molecule has 0 aromatic heterocycles. The number of allylic oxidation sites excluding steroid dienone is 2. The number of carbonyl (C=O) groups excluding carboxylic acids is 1. The van der Waals surface area contributed by atoms with Crippen molar-refractivity contribution < 1.29 is 9.53 Å². The Bertz CT molecular complexity index is 245. The lowest BCUT2D eigenvalue weighted by molar-refractivity contribution is -0.131. The van der Waals surface area contributed by atoms with Gasteiger partial charge in [0.1, 0.15) is 12.6 Å². The van der Waals surface area contributed by atoms with Crippen molar-refractivity contribution in [3.63, 3.8) is 0 Å². The summed E-state index contributed by atoms with van der Waals surface area (Å²) in [7, 11) is 1.57. The molecule has 0 N–H and O–H groups in total. The highest BCUT2D eigenvalue weighted by Crippen LogP contribution is 2.20. The number of carbonyl (C=O) groups is 1. The summed E-state index contributed by atoms with van der Waals surface area (Å²) in [6.07, 6.45) is 0. The molecule has 0 radical (unpaired) electrons. The highest BCUT2D eigenvalue weighted by atomic mass is 35.5. The minimum absolute atomic E-state index is 0.0210. The van der Waals surface area contributed by atoms with Crippen LogP contribution in [-0.2, 0) is 9.53 Å². The molecule has 3 nitrogen and oxygen atoms in total. The van der Waals surface area contributed by atoms with E-state index in [0.717, 1.165) is 11.3 Å². The maximum atomic E-state index is 11.6. The van der Waals surface area contributed by atoms with E-state index in [2.05, 4.69) is 0 Å². The summed E-state index contributed by atoms with van der Waals surface area (Å²) in [5, 5.41) is 0. The summed E-state index contributed by atoms with van der Waals surface area (Å²) >= 11 is 5.57. The number of methoxy groups -OCH3 is 1. The first-order valence-electron chi connectivity index (χ1n) is 4.98. The second kappa shape index (κ2) is 6.85. The molecule has 0 saturated heterocycles. The molecule has 0 rings (SSSR count). The van der Waals surface area contributed by atoms with Crippen molar-refractivity contribution in [3.05, 3.63) is 11.3 Å². The molecule has 0 heterocycles. The van der Waals surface area contributed by atoms with Gasteiger partial charge in [-0.15, -0.1) is 11.6 Å². The van der Waals surface area contributed by atoms with Gasteiger partial charge in [-0.3, -0.25) is 9.69 Å². The summed E-state index contributed by atoms with van der Waals surface area (Å²) in [5.41, 5.74) is 2.10. The van der Waals surface area contributed by atoms with Crippen LogP contribution in [-0.4, -0.2) is 30.5 Å². The normalized spacial score (nSPS) is 10.3. The van der Waals surface area contributed by atoms with E-state index in [4.69, 9.17) is 16.3 Å². The number of amides is 1. The first-order valence-corrected chi connectivity index (χ1v) is 5.51. The zero-order valence-corrected chi connectivity index (χ0v) is 10.9. The Labute approximate surface area is 97.0 Å². The lowest BCUT2D eigenvalue weighted by Gasteiger charge is -2.28. The molecule has 4 heteroatoms. The van der Waals surface area contributed by atoms with Gasteiger partial charge in [-0.05, 0) is 19.8 Å². The van der Waals surface area contributed by atoms with E-state index in [0.29, 0.717) is 0 Å². The van der Waals surface area contributed by atoms with E-state index < -0.39 is 0 Å². The molecule has 0 saturated carbocycles. The fraction of sp³-hybridized carbons (Fsp3) is 0.727. The van der Waals surface area contributed by atoms with Crippen molar-refractivity contribution in [2.45, 2.75) is 27.7 Å². The number of ether oxygens (including phenoxy) is 1. The number of rotatable bonds is 5. The van der Waals surface area contributed by atoms with Crippen LogP contribution in [0.2, 0.25) is 0 Å². The van der Waals surface area contributed by atoms with E-state index in [-0.39, 0.29) is 24.4 Å². The number of hydrogen-bond acceptors (Lipinski definition) is 2. The zero-order chi connectivity index (χ0) is 12.0. The maximum absolute atomic E-state index is 11.6. The van der Waals surface area contributed by atoms with Crippen LogP contribution >= 0.6 is 11.6 Å². The van der Waals surface area contributed by atoms with Crippen LogP contribution in [0.4, 0.5) is 0 Å². The first-order chi connectivity index (χ1) is 6.95. The molecular formula is C11H20ClNO2. The van der Waals surface area contributed by atoms with E-state index in [9.17, 15) is 4.79 Å². The SMILES string of the molecule is COCN(C(=O)CCl)C(=C(C)C)C(C)C. The fourth-order valence-electron chi connectivity index (χ4n) is 1.64. The smallest absolute Gasteiger partial charge is 0.243 e. The second-order valence-corrected chi connectivity index (χ2v) is 4.18. The van der Waals surface area contributed by atoms with Gasteiger partial charge in [0.2, 0.25) is 5.91 Å². The van der Waals surface area contributed by atoms with Gasteiger partial charge >= 0.3 is 0 Å². The molecule has 0 aromatic carbocycles. The van der Waals surface area contributed by atoms with Crippen LogP contribution in [0, 0.1) is 5.92 Å². The molecule has 0 bridgehead atoms. The molecule has 0 spiro atoms. The Morgan fingerprint density at radius 3 is 2.20 bits per heavy atom. The minimum atomic E-state index is -0.122. The number of nitrogens with zero attached hydrogens (tertiary/aromatic N) is 1. The van der Waals surface area contributed by atoms with Crippen LogP contribution < -0.4 is 0 Å². The summed E-state index contributed by atoms with van der Waals surface area (Å²) in [4.78, 5) is 13.2. The van der Waals surface area contributed by atoms with Crippen molar-refractivity contribution in [1.29, 1.82) is 0 Å². The molecule has 0 aliphatic heterocycles. The molecule has 88 valence electrons. The van der Waals surface area contributed by atoms with Crippen molar-refractivity contribution in [3.8, 4) is 0 Å². The quantitative estimate of drug-likeness (QED) is 0.540. The van der Waals surface area contributed by atoms with Crippen molar-refractivity contribution in [2.24, 2.45) is 5.92 Å². The summed E-state index contributed by atoms with van der Waals surface area (Å²) in [6, 6.07) is 0. The molecule has 15 heavy (non-hydrogen) atoms. The number of alkyl halides is 1. The molecule has 0 fully saturated rings. The average molecular weight is 234 g/mol. The molecule has 0 atom stereocenters. The number of halogens is 1. The van der Waals surface area contributed by atoms with E-state index in [1.54, 1.807) is 12.0 Å². The first kappa shape index (κ1) is 14.5. The van der Waals surface area contributed by atoms with Gasteiger partial charge in [0.05, 0.1) is 0 Å². The monoisotopic (exact) mass is 233 g/mol. The van der Waals surface area contributed by atoms with Gasteiger partial charge in [0, 0.05) is 12.8 Å². The average Bonchev–Trinajstić information content (AvgIpc) is 2.14. The highest BCUT2D eigenvalue weighted by Gasteiger charge is 2.20.